The molecule has 0 bridgehead atoms. The number of halogens is 2. The molecule has 7 nitrogen and oxygen atoms in total. The first-order valence-corrected chi connectivity index (χ1v) is 8.00. The van der Waals surface area contributed by atoms with E-state index in [1.54, 1.807) is 23.2 Å². The molecule has 1 N–H and O–H groups in total. The molecule has 0 amide bonds. The minimum absolute atomic E-state index is 0.114. The third kappa shape index (κ3) is 4.31. The minimum atomic E-state index is -0.518. The van der Waals surface area contributed by atoms with Crippen molar-refractivity contribution in [3.63, 3.8) is 0 Å². The van der Waals surface area contributed by atoms with E-state index in [1.165, 1.54) is 12.1 Å². The van der Waals surface area contributed by atoms with Crippen molar-refractivity contribution >= 4 is 34.7 Å². The molecule has 2 rings (SSSR count). The molecular formula is C15H16Cl2N4O3. The van der Waals surface area contributed by atoms with Gasteiger partial charge in [0.2, 0.25) is 5.82 Å². The molecule has 2 heterocycles. The summed E-state index contributed by atoms with van der Waals surface area (Å²) in [6, 6.07) is 5.72. The predicted octanol–water partition coefficient (Wildman–Crippen LogP) is 3.47. The first-order chi connectivity index (χ1) is 11.5. The van der Waals surface area contributed by atoms with Crippen LogP contribution in [-0.2, 0) is 6.54 Å². The Kier molecular flexibility index (Phi) is 6.30. The Labute approximate surface area is 149 Å². The van der Waals surface area contributed by atoms with E-state index in [0.717, 1.165) is 5.56 Å². The lowest BCUT2D eigenvalue weighted by Gasteiger charge is -2.30. The highest BCUT2D eigenvalue weighted by Crippen LogP contribution is 2.31. The molecule has 1 atom stereocenters. The van der Waals surface area contributed by atoms with Crippen molar-refractivity contribution in [2.75, 3.05) is 11.5 Å². The molecule has 0 aromatic carbocycles. The van der Waals surface area contributed by atoms with Gasteiger partial charge in [-0.05, 0) is 24.1 Å². The lowest BCUT2D eigenvalue weighted by Crippen LogP contribution is -2.38. The lowest BCUT2D eigenvalue weighted by molar-refractivity contribution is -0.384. The quantitative estimate of drug-likeness (QED) is 0.455. The van der Waals surface area contributed by atoms with E-state index < -0.39 is 4.92 Å². The van der Waals surface area contributed by atoms with Crippen LogP contribution in [0.15, 0.2) is 30.5 Å². The van der Waals surface area contributed by atoms with Crippen LogP contribution in [0.2, 0.25) is 10.3 Å². The summed E-state index contributed by atoms with van der Waals surface area (Å²) in [7, 11) is 0. The van der Waals surface area contributed by atoms with Crippen LogP contribution in [0.1, 0.15) is 18.9 Å². The zero-order valence-electron chi connectivity index (χ0n) is 12.9. The van der Waals surface area contributed by atoms with E-state index in [0.29, 0.717) is 11.6 Å². The first kappa shape index (κ1) is 18.4. The molecule has 1 unspecified atom stereocenters. The Balaban J connectivity index is 2.48. The van der Waals surface area contributed by atoms with Crippen LogP contribution < -0.4 is 4.90 Å². The van der Waals surface area contributed by atoms with Crippen LogP contribution >= 0.6 is 23.2 Å². The second-order valence-electron chi connectivity index (χ2n) is 5.10. The molecular weight excluding hydrogens is 355 g/mol. The average molecular weight is 371 g/mol. The van der Waals surface area contributed by atoms with Gasteiger partial charge in [-0.3, -0.25) is 10.1 Å². The highest BCUT2D eigenvalue weighted by molar-refractivity contribution is 6.29. The minimum Gasteiger partial charge on any atom is -0.394 e. The molecule has 0 aliphatic carbocycles. The smallest absolute Gasteiger partial charge is 0.311 e. The maximum atomic E-state index is 11.3. The van der Waals surface area contributed by atoms with E-state index in [-0.39, 0.29) is 35.9 Å². The summed E-state index contributed by atoms with van der Waals surface area (Å²) in [4.78, 5) is 20.6. The summed E-state index contributed by atoms with van der Waals surface area (Å²) in [5.74, 6) is 0.114. The summed E-state index contributed by atoms with van der Waals surface area (Å²) in [6.07, 6.45) is 2.15. The highest BCUT2D eigenvalue weighted by atomic mass is 35.5. The summed E-state index contributed by atoms with van der Waals surface area (Å²) in [5, 5.41) is 21.5. The van der Waals surface area contributed by atoms with Crippen LogP contribution in [0.4, 0.5) is 11.5 Å². The van der Waals surface area contributed by atoms with Crippen molar-refractivity contribution in [3.05, 3.63) is 56.4 Å². The summed E-state index contributed by atoms with van der Waals surface area (Å²) >= 11 is 11.7. The normalized spacial score (nSPS) is 12.0. The third-order valence-electron chi connectivity index (χ3n) is 3.55. The van der Waals surface area contributed by atoms with E-state index in [9.17, 15) is 15.2 Å². The molecule has 9 heteroatoms. The number of pyridine rings is 2. The van der Waals surface area contributed by atoms with Gasteiger partial charge in [-0.25, -0.2) is 9.97 Å². The molecule has 0 saturated carbocycles. The monoisotopic (exact) mass is 370 g/mol. The molecule has 24 heavy (non-hydrogen) atoms. The zero-order valence-corrected chi connectivity index (χ0v) is 14.4. The number of aromatic nitrogens is 2. The van der Waals surface area contributed by atoms with Gasteiger partial charge in [0.15, 0.2) is 0 Å². The van der Waals surface area contributed by atoms with Gasteiger partial charge in [-0.2, -0.15) is 0 Å². The van der Waals surface area contributed by atoms with Gasteiger partial charge in [0.25, 0.3) is 0 Å². The molecule has 0 spiro atoms. The van der Waals surface area contributed by atoms with Crippen molar-refractivity contribution in [2.24, 2.45) is 0 Å². The summed E-state index contributed by atoms with van der Waals surface area (Å²) < 4.78 is 0. The lowest BCUT2D eigenvalue weighted by atomic mass is 10.1. The van der Waals surface area contributed by atoms with Crippen molar-refractivity contribution in [2.45, 2.75) is 25.9 Å². The van der Waals surface area contributed by atoms with Crippen molar-refractivity contribution in [1.29, 1.82) is 0 Å². The third-order valence-corrected chi connectivity index (χ3v) is 3.99. The van der Waals surface area contributed by atoms with Gasteiger partial charge in [0, 0.05) is 18.8 Å². The van der Waals surface area contributed by atoms with Gasteiger partial charge in [-0.15, -0.1) is 0 Å². The number of nitrogens with zero attached hydrogens (tertiary/aromatic N) is 4. The van der Waals surface area contributed by atoms with Gasteiger partial charge in [0.05, 0.1) is 17.6 Å². The fourth-order valence-corrected chi connectivity index (χ4v) is 2.55. The SMILES string of the molecule is CCC(CO)N(Cc1ccc(Cl)nc1)c1nc(Cl)ccc1[N+](=O)[O-]. The van der Waals surface area contributed by atoms with Crippen LogP contribution in [0, 0.1) is 10.1 Å². The molecule has 0 saturated heterocycles. The Morgan fingerprint density at radius 3 is 2.54 bits per heavy atom. The Hall–Kier alpha value is -1.96. The molecule has 0 aliphatic heterocycles. The van der Waals surface area contributed by atoms with Gasteiger partial charge >= 0.3 is 5.69 Å². The van der Waals surface area contributed by atoms with E-state index >= 15 is 0 Å². The standard InChI is InChI=1S/C15H16Cl2N4O3/c1-2-11(9-22)20(8-10-3-5-13(16)18-7-10)15-12(21(23)24)4-6-14(17)19-15/h3-7,11,22H,2,8-9H2,1H3. The van der Waals surface area contributed by atoms with Crippen LogP contribution in [0.5, 0.6) is 0 Å². The topological polar surface area (TPSA) is 92.4 Å². The predicted molar refractivity (Wildman–Crippen MR) is 92.5 cm³/mol. The Morgan fingerprint density at radius 2 is 2.00 bits per heavy atom. The van der Waals surface area contributed by atoms with Gasteiger partial charge in [0.1, 0.15) is 10.3 Å². The fraction of sp³-hybridized carbons (Fsp3) is 0.333. The van der Waals surface area contributed by atoms with Crippen molar-refractivity contribution < 1.29 is 10.0 Å². The number of hydrogen-bond acceptors (Lipinski definition) is 6. The van der Waals surface area contributed by atoms with Gasteiger partial charge in [-0.1, -0.05) is 36.2 Å². The molecule has 128 valence electrons. The number of nitro groups is 1. The van der Waals surface area contributed by atoms with Crippen LogP contribution in [0.25, 0.3) is 0 Å². The molecule has 2 aromatic rings. The Morgan fingerprint density at radius 1 is 1.29 bits per heavy atom. The van der Waals surface area contributed by atoms with E-state index in [2.05, 4.69) is 9.97 Å². The van der Waals surface area contributed by atoms with E-state index in [4.69, 9.17) is 23.2 Å². The molecule has 0 fully saturated rings. The number of anilines is 1. The summed E-state index contributed by atoms with van der Waals surface area (Å²) in [5.41, 5.74) is 0.607. The second kappa shape index (κ2) is 8.23. The summed E-state index contributed by atoms with van der Waals surface area (Å²) in [6.45, 7) is 1.98. The average Bonchev–Trinajstić information content (AvgIpc) is 2.56. The number of rotatable bonds is 7. The Bertz CT molecular complexity index is 708. The largest absolute Gasteiger partial charge is 0.394 e. The van der Waals surface area contributed by atoms with Crippen molar-refractivity contribution in [1.82, 2.24) is 9.97 Å². The van der Waals surface area contributed by atoms with Gasteiger partial charge < -0.3 is 10.0 Å². The second-order valence-corrected chi connectivity index (χ2v) is 5.87. The van der Waals surface area contributed by atoms with E-state index in [1.807, 2.05) is 6.92 Å². The number of hydrogen-bond donors (Lipinski definition) is 1. The zero-order chi connectivity index (χ0) is 17.7. The molecule has 0 aliphatic rings. The first-order valence-electron chi connectivity index (χ1n) is 7.25. The molecule has 2 aromatic heterocycles. The number of aliphatic hydroxyl groups excluding tert-OH is 1. The van der Waals surface area contributed by atoms with Crippen LogP contribution in [0.3, 0.4) is 0 Å². The maximum Gasteiger partial charge on any atom is 0.311 e. The molecule has 0 radical (unpaired) electrons. The highest BCUT2D eigenvalue weighted by Gasteiger charge is 2.27. The maximum absolute atomic E-state index is 11.3. The van der Waals surface area contributed by atoms with Crippen molar-refractivity contribution in [3.8, 4) is 0 Å². The fourth-order valence-electron chi connectivity index (χ4n) is 2.29. The number of aliphatic hydroxyl groups is 1. The van der Waals surface area contributed by atoms with Crippen LogP contribution in [-0.4, -0.2) is 32.6 Å².